The van der Waals surface area contributed by atoms with Gasteiger partial charge in [-0.1, -0.05) is 19.1 Å². The number of ether oxygens (including phenoxy) is 2. The molecule has 0 saturated carbocycles. The Morgan fingerprint density at radius 3 is 2.85 bits per heavy atom. The highest BCUT2D eigenvalue weighted by molar-refractivity contribution is 5.28. The van der Waals surface area contributed by atoms with Gasteiger partial charge in [-0.2, -0.15) is 0 Å². The van der Waals surface area contributed by atoms with Crippen LogP contribution in [0.3, 0.4) is 0 Å². The SMILES string of the molecule is CCNC(Cc1cccc(OC)c1)CC1CCOCC1. The molecule has 1 aliphatic heterocycles. The Morgan fingerprint density at radius 2 is 2.15 bits per heavy atom. The molecule has 0 aromatic heterocycles. The van der Waals surface area contributed by atoms with E-state index in [0.717, 1.165) is 37.8 Å². The summed E-state index contributed by atoms with van der Waals surface area (Å²) in [4.78, 5) is 0. The van der Waals surface area contributed by atoms with Crippen molar-refractivity contribution in [2.75, 3.05) is 26.9 Å². The van der Waals surface area contributed by atoms with Crippen molar-refractivity contribution in [3.8, 4) is 5.75 Å². The third kappa shape index (κ3) is 4.80. The fourth-order valence-corrected chi connectivity index (χ4v) is 3.00. The molecule has 1 heterocycles. The molecular formula is C17H27NO2. The Morgan fingerprint density at radius 1 is 1.35 bits per heavy atom. The van der Waals surface area contributed by atoms with Crippen molar-refractivity contribution >= 4 is 0 Å². The standard InChI is InChI=1S/C17H27NO2/c1-3-18-16(11-14-7-9-20-10-8-14)12-15-5-4-6-17(13-15)19-2/h4-6,13-14,16,18H,3,7-12H2,1-2H3. The maximum absolute atomic E-state index is 5.45. The molecule has 112 valence electrons. The summed E-state index contributed by atoms with van der Waals surface area (Å²) < 4.78 is 10.8. The average molecular weight is 277 g/mol. The summed E-state index contributed by atoms with van der Waals surface area (Å²) in [5.74, 6) is 1.75. The van der Waals surface area contributed by atoms with E-state index < -0.39 is 0 Å². The second kappa shape index (κ2) is 8.28. The summed E-state index contributed by atoms with van der Waals surface area (Å²) in [5, 5.41) is 3.63. The normalized spacial score (nSPS) is 17.9. The summed E-state index contributed by atoms with van der Waals surface area (Å²) in [7, 11) is 1.73. The maximum Gasteiger partial charge on any atom is 0.119 e. The van der Waals surface area contributed by atoms with Crippen LogP contribution in [0.2, 0.25) is 0 Å². The van der Waals surface area contributed by atoms with Gasteiger partial charge in [0.25, 0.3) is 0 Å². The van der Waals surface area contributed by atoms with E-state index in [2.05, 4.69) is 30.4 Å². The summed E-state index contributed by atoms with van der Waals surface area (Å²) >= 11 is 0. The number of hydrogen-bond donors (Lipinski definition) is 1. The zero-order chi connectivity index (χ0) is 14.2. The minimum atomic E-state index is 0.551. The fourth-order valence-electron chi connectivity index (χ4n) is 3.00. The van der Waals surface area contributed by atoms with E-state index in [4.69, 9.17) is 9.47 Å². The molecule has 3 heteroatoms. The largest absolute Gasteiger partial charge is 0.497 e. The van der Waals surface area contributed by atoms with Gasteiger partial charge in [-0.05, 0) is 55.8 Å². The molecule has 0 spiro atoms. The first-order valence-electron chi connectivity index (χ1n) is 7.76. The van der Waals surface area contributed by atoms with Crippen LogP contribution in [0.15, 0.2) is 24.3 Å². The third-order valence-corrected chi connectivity index (χ3v) is 4.07. The van der Waals surface area contributed by atoms with E-state index in [1.54, 1.807) is 7.11 Å². The van der Waals surface area contributed by atoms with Crippen molar-refractivity contribution in [1.82, 2.24) is 5.32 Å². The first kappa shape index (κ1) is 15.3. The molecule has 20 heavy (non-hydrogen) atoms. The first-order chi connectivity index (χ1) is 9.81. The lowest BCUT2D eigenvalue weighted by atomic mass is 9.90. The Bertz CT molecular complexity index is 388. The van der Waals surface area contributed by atoms with Gasteiger partial charge < -0.3 is 14.8 Å². The van der Waals surface area contributed by atoms with Crippen LogP contribution >= 0.6 is 0 Å². The van der Waals surface area contributed by atoms with E-state index in [9.17, 15) is 0 Å². The van der Waals surface area contributed by atoms with Gasteiger partial charge in [-0.25, -0.2) is 0 Å². The van der Waals surface area contributed by atoms with Crippen LogP contribution in [-0.4, -0.2) is 32.9 Å². The molecule has 2 rings (SSSR count). The second-order valence-electron chi connectivity index (χ2n) is 5.60. The van der Waals surface area contributed by atoms with Crippen LogP contribution in [0.1, 0.15) is 31.7 Å². The minimum absolute atomic E-state index is 0.551. The molecule has 1 atom stereocenters. The molecule has 1 aromatic rings. The highest BCUT2D eigenvalue weighted by atomic mass is 16.5. The summed E-state index contributed by atoms with van der Waals surface area (Å²) in [6, 6.07) is 8.97. The predicted molar refractivity (Wildman–Crippen MR) is 82.3 cm³/mol. The number of hydrogen-bond acceptors (Lipinski definition) is 3. The lowest BCUT2D eigenvalue weighted by Crippen LogP contribution is -2.34. The van der Waals surface area contributed by atoms with Crippen molar-refractivity contribution in [3.05, 3.63) is 29.8 Å². The quantitative estimate of drug-likeness (QED) is 0.831. The van der Waals surface area contributed by atoms with Crippen molar-refractivity contribution in [2.45, 2.75) is 38.6 Å². The van der Waals surface area contributed by atoms with Gasteiger partial charge in [0.1, 0.15) is 5.75 Å². The van der Waals surface area contributed by atoms with Crippen LogP contribution in [-0.2, 0) is 11.2 Å². The van der Waals surface area contributed by atoms with Gasteiger partial charge in [0, 0.05) is 19.3 Å². The Labute approximate surface area is 122 Å². The Balaban J connectivity index is 1.93. The first-order valence-corrected chi connectivity index (χ1v) is 7.76. The molecule has 0 aliphatic carbocycles. The van der Waals surface area contributed by atoms with Crippen LogP contribution in [0.4, 0.5) is 0 Å². The highest BCUT2D eigenvalue weighted by Crippen LogP contribution is 2.22. The second-order valence-corrected chi connectivity index (χ2v) is 5.60. The van der Waals surface area contributed by atoms with Crippen LogP contribution in [0.5, 0.6) is 5.75 Å². The zero-order valence-electron chi connectivity index (χ0n) is 12.7. The van der Waals surface area contributed by atoms with Gasteiger partial charge in [0.2, 0.25) is 0 Å². The van der Waals surface area contributed by atoms with Gasteiger partial charge in [-0.3, -0.25) is 0 Å². The molecular weight excluding hydrogens is 250 g/mol. The Hall–Kier alpha value is -1.06. The monoisotopic (exact) mass is 277 g/mol. The molecule has 1 aromatic carbocycles. The fraction of sp³-hybridized carbons (Fsp3) is 0.647. The van der Waals surface area contributed by atoms with E-state index in [1.165, 1.54) is 24.8 Å². The van der Waals surface area contributed by atoms with Crippen molar-refractivity contribution < 1.29 is 9.47 Å². The van der Waals surface area contributed by atoms with Crippen LogP contribution in [0, 0.1) is 5.92 Å². The molecule has 3 nitrogen and oxygen atoms in total. The van der Waals surface area contributed by atoms with E-state index in [1.807, 2.05) is 6.07 Å². The summed E-state index contributed by atoms with van der Waals surface area (Å²) in [6.07, 6.45) is 4.73. The number of nitrogens with one attached hydrogen (secondary N) is 1. The maximum atomic E-state index is 5.45. The molecule has 1 saturated heterocycles. The van der Waals surface area contributed by atoms with E-state index >= 15 is 0 Å². The van der Waals surface area contributed by atoms with E-state index in [-0.39, 0.29) is 0 Å². The number of benzene rings is 1. The molecule has 1 unspecified atom stereocenters. The van der Waals surface area contributed by atoms with Crippen LogP contribution < -0.4 is 10.1 Å². The molecule has 1 fully saturated rings. The number of methoxy groups -OCH3 is 1. The van der Waals surface area contributed by atoms with Crippen molar-refractivity contribution in [2.24, 2.45) is 5.92 Å². The van der Waals surface area contributed by atoms with Gasteiger partial charge in [0.05, 0.1) is 7.11 Å². The van der Waals surface area contributed by atoms with Crippen molar-refractivity contribution in [3.63, 3.8) is 0 Å². The Kier molecular flexibility index (Phi) is 6.34. The molecule has 1 N–H and O–H groups in total. The van der Waals surface area contributed by atoms with Gasteiger partial charge >= 0.3 is 0 Å². The molecule has 0 amide bonds. The minimum Gasteiger partial charge on any atom is -0.497 e. The average Bonchev–Trinajstić information content (AvgIpc) is 2.49. The van der Waals surface area contributed by atoms with Crippen LogP contribution in [0.25, 0.3) is 0 Å². The summed E-state index contributed by atoms with van der Waals surface area (Å²) in [5.41, 5.74) is 1.35. The number of rotatable bonds is 7. The zero-order valence-corrected chi connectivity index (χ0v) is 12.7. The van der Waals surface area contributed by atoms with Gasteiger partial charge in [-0.15, -0.1) is 0 Å². The van der Waals surface area contributed by atoms with E-state index in [0.29, 0.717) is 6.04 Å². The topological polar surface area (TPSA) is 30.5 Å². The van der Waals surface area contributed by atoms with Gasteiger partial charge in [0.15, 0.2) is 0 Å². The lowest BCUT2D eigenvalue weighted by Gasteiger charge is -2.27. The summed E-state index contributed by atoms with van der Waals surface area (Å²) in [6.45, 7) is 5.08. The molecule has 1 aliphatic rings. The number of likely N-dealkylation sites (N-methyl/N-ethyl adjacent to an activating group) is 1. The lowest BCUT2D eigenvalue weighted by molar-refractivity contribution is 0.0606. The third-order valence-electron chi connectivity index (χ3n) is 4.07. The highest BCUT2D eigenvalue weighted by Gasteiger charge is 2.19. The smallest absolute Gasteiger partial charge is 0.119 e. The molecule has 0 radical (unpaired) electrons. The molecule has 0 bridgehead atoms. The predicted octanol–water partition coefficient (Wildman–Crippen LogP) is 3.03. The van der Waals surface area contributed by atoms with Crippen molar-refractivity contribution in [1.29, 1.82) is 0 Å².